The maximum Gasteiger partial charge on any atom is 0.309 e. The molecule has 0 radical (unpaired) electrons. The van der Waals surface area contributed by atoms with E-state index >= 15 is 0 Å². The molecule has 8 heteroatoms. The average molecular weight is 338 g/mol. The number of nitrogens with zero attached hydrogens (tertiary/aromatic N) is 3. The minimum absolute atomic E-state index is 0.0650. The Hall–Kier alpha value is -3.42. The van der Waals surface area contributed by atoms with Crippen LogP contribution in [-0.4, -0.2) is 27.9 Å². The van der Waals surface area contributed by atoms with Crippen molar-refractivity contribution >= 4 is 5.91 Å². The Morgan fingerprint density at radius 2 is 1.88 bits per heavy atom. The lowest BCUT2D eigenvalue weighted by Crippen LogP contribution is -2.23. The zero-order valence-electron chi connectivity index (χ0n) is 13.1. The number of fused-ring (bicyclic) bond motifs is 1. The van der Waals surface area contributed by atoms with Gasteiger partial charge in [0.15, 0.2) is 11.5 Å². The van der Waals surface area contributed by atoms with E-state index in [1.807, 2.05) is 30.3 Å². The number of nitrogens with one attached hydrogen (secondary N) is 1. The minimum Gasteiger partial charge on any atom is -0.454 e. The summed E-state index contributed by atoms with van der Waals surface area (Å²) in [7, 11) is 0. The molecular formula is C17H14N4O4. The molecule has 8 nitrogen and oxygen atoms in total. The Morgan fingerprint density at radius 3 is 2.76 bits per heavy atom. The van der Waals surface area contributed by atoms with E-state index in [0.717, 1.165) is 11.1 Å². The van der Waals surface area contributed by atoms with Gasteiger partial charge in [-0.1, -0.05) is 6.07 Å². The molecule has 1 aromatic carbocycles. The van der Waals surface area contributed by atoms with Crippen LogP contribution < -0.4 is 14.8 Å². The fraction of sp³-hybridized carbons (Fsp3) is 0.176. The number of carbonyl (C=O) groups excluding carboxylic acids is 1. The van der Waals surface area contributed by atoms with E-state index in [0.29, 0.717) is 30.4 Å². The predicted molar refractivity (Wildman–Crippen MR) is 85.1 cm³/mol. The SMILES string of the molecule is O=C(NCc1ccncc1)c1nnc(Cc2ccc3c(c2)OCO3)o1. The summed E-state index contributed by atoms with van der Waals surface area (Å²) in [6, 6.07) is 9.21. The van der Waals surface area contributed by atoms with Crippen LogP contribution in [0.4, 0.5) is 0 Å². The number of amides is 1. The van der Waals surface area contributed by atoms with E-state index in [1.54, 1.807) is 12.4 Å². The van der Waals surface area contributed by atoms with Crippen LogP contribution in [0.5, 0.6) is 11.5 Å². The predicted octanol–water partition coefficient (Wildman–Crippen LogP) is 1.71. The molecule has 0 saturated heterocycles. The Kier molecular flexibility index (Phi) is 3.99. The maximum absolute atomic E-state index is 12.1. The Balaban J connectivity index is 1.39. The van der Waals surface area contributed by atoms with Crippen molar-refractivity contribution in [2.75, 3.05) is 6.79 Å². The second-order valence-electron chi connectivity index (χ2n) is 5.40. The molecule has 1 amide bonds. The highest BCUT2D eigenvalue weighted by atomic mass is 16.7. The zero-order valence-corrected chi connectivity index (χ0v) is 13.1. The van der Waals surface area contributed by atoms with Gasteiger partial charge in [0.25, 0.3) is 0 Å². The number of aromatic nitrogens is 3. The van der Waals surface area contributed by atoms with Gasteiger partial charge in [-0.2, -0.15) is 0 Å². The van der Waals surface area contributed by atoms with Gasteiger partial charge >= 0.3 is 11.8 Å². The van der Waals surface area contributed by atoms with Gasteiger partial charge in [0.2, 0.25) is 12.7 Å². The van der Waals surface area contributed by atoms with Gasteiger partial charge in [-0.05, 0) is 35.4 Å². The molecule has 0 spiro atoms. The van der Waals surface area contributed by atoms with Crippen molar-refractivity contribution in [3.63, 3.8) is 0 Å². The minimum atomic E-state index is -0.416. The molecule has 3 aromatic rings. The first-order valence-electron chi connectivity index (χ1n) is 7.66. The quantitative estimate of drug-likeness (QED) is 0.756. The number of pyridine rings is 1. The van der Waals surface area contributed by atoms with Crippen LogP contribution in [0.25, 0.3) is 0 Å². The summed E-state index contributed by atoms with van der Waals surface area (Å²) in [6.45, 7) is 0.586. The first kappa shape index (κ1) is 15.1. The van der Waals surface area contributed by atoms with Crippen LogP contribution in [-0.2, 0) is 13.0 Å². The highest BCUT2D eigenvalue weighted by Gasteiger charge is 2.17. The maximum atomic E-state index is 12.1. The van der Waals surface area contributed by atoms with Crippen molar-refractivity contribution in [3.8, 4) is 11.5 Å². The molecule has 0 bridgehead atoms. The van der Waals surface area contributed by atoms with Crippen LogP contribution in [0.2, 0.25) is 0 Å². The second kappa shape index (κ2) is 6.60. The molecule has 0 aliphatic carbocycles. The monoisotopic (exact) mass is 338 g/mol. The van der Waals surface area contributed by atoms with E-state index in [9.17, 15) is 4.79 Å². The van der Waals surface area contributed by atoms with Gasteiger partial charge in [-0.15, -0.1) is 10.2 Å². The topological polar surface area (TPSA) is 99.4 Å². The molecule has 0 saturated carbocycles. The summed E-state index contributed by atoms with van der Waals surface area (Å²) in [5.41, 5.74) is 1.86. The standard InChI is InChI=1S/C17H14N4O4/c22-16(19-9-11-3-5-18-6-4-11)17-21-20-15(25-17)8-12-1-2-13-14(7-12)24-10-23-13/h1-7H,8-10H2,(H,19,22). The smallest absolute Gasteiger partial charge is 0.309 e. The van der Waals surface area contributed by atoms with Crippen LogP contribution in [0.1, 0.15) is 27.7 Å². The van der Waals surface area contributed by atoms with Crippen LogP contribution in [0, 0.1) is 0 Å². The summed E-state index contributed by atoms with van der Waals surface area (Å²) in [5, 5.41) is 10.4. The first-order chi connectivity index (χ1) is 12.3. The van der Waals surface area contributed by atoms with Crippen molar-refractivity contribution in [1.82, 2.24) is 20.5 Å². The molecule has 2 aromatic heterocycles. The highest BCUT2D eigenvalue weighted by molar-refractivity contribution is 5.89. The van der Waals surface area contributed by atoms with E-state index in [2.05, 4.69) is 20.5 Å². The van der Waals surface area contributed by atoms with Crippen molar-refractivity contribution < 1.29 is 18.7 Å². The third kappa shape index (κ3) is 3.42. The molecule has 0 unspecified atom stereocenters. The number of carbonyl (C=O) groups is 1. The summed E-state index contributed by atoms with van der Waals surface area (Å²) >= 11 is 0. The molecule has 1 aliphatic rings. The Bertz CT molecular complexity index is 895. The van der Waals surface area contributed by atoms with Crippen LogP contribution >= 0.6 is 0 Å². The molecule has 1 N–H and O–H groups in total. The highest BCUT2D eigenvalue weighted by Crippen LogP contribution is 2.32. The van der Waals surface area contributed by atoms with Gasteiger partial charge in [-0.25, -0.2) is 0 Å². The molecular weight excluding hydrogens is 324 g/mol. The molecule has 0 atom stereocenters. The van der Waals surface area contributed by atoms with Crippen LogP contribution in [0.3, 0.4) is 0 Å². The van der Waals surface area contributed by atoms with E-state index in [-0.39, 0.29) is 12.7 Å². The van der Waals surface area contributed by atoms with E-state index in [4.69, 9.17) is 13.9 Å². The molecule has 0 fully saturated rings. The lowest BCUT2D eigenvalue weighted by atomic mass is 10.1. The largest absolute Gasteiger partial charge is 0.454 e. The third-order valence-electron chi connectivity index (χ3n) is 3.66. The van der Waals surface area contributed by atoms with Crippen LogP contribution in [0.15, 0.2) is 47.1 Å². The van der Waals surface area contributed by atoms with Crippen molar-refractivity contribution in [2.24, 2.45) is 0 Å². The average Bonchev–Trinajstić information content (AvgIpc) is 3.29. The molecule has 3 heterocycles. The van der Waals surface area contributed by atoms with Gasteiger partial charge in [-0.3, -0.25) is 9.78 Å². The van der Waals surface area contributed by atoms with Crippen molar-refractivity contribution in [3.05, 3.63) is 65.6 Å². The number of ether oxygens (including phenoxy) is 2. The number of benzene rings is 1. The number of hydrogen-bond acceptors (Lipinski definition) is 7. The number of hydrogen-bond donors (Lipinski definition) is 1. The lowest BCUT2D eigenvalue weighted by molar-refractivity contribution is 0.0914. The molecule has 4 rings (SSSR count). The van der Waals surface area contributed by atoms with E-state index < -0.39 is 5.91 Å². The zero-order chi connectivity index (χ0) is 17.1. The van der Waals surface area contributed by atoms with E-state index in [1.165, 1.54) is 0 Å². The van der Waals surface area contributed by atoms with Gasteiger partial charge < -0.3 is 19.2 Å². The Morgan fingerprint density at radius 1 is 1.04 bits per heavy atom. The molecule has 126 valence electrons. The normalized spacial score (nSPS) is 12.2. The second-order valence-corrected chi connectivity index (χ2v) is 5.40. The summed E-state index contributed by atoms with van der Waals surface area (Å²) in [6.07, 6.45) is 3.73. The van der Waals surface area contributed by atoms with Gasteiger partial charge in [0.05, 0.1) is 6.42 Å². The van der Waals surface area contributed by atoms with Crippen molar-refractivity contribution in [1.29, 1.82) is 0 Å². The molecule has 1 aliphatic heterocycles. The summed E-state index contributed by atoms with van der Waals surface area (Å²) < 4.78 is 16.0. The lowest BCUT2D eigenvalue weighted by Gasteiger charge is -2.01. The molecule has 25 heavy (non-hydrogen) atoms. The fourth-order valence-electron chi connectivity index (χ4n) is 2.40. The fourth-order valence-corrected chi connectivity index (χ4v) is 2.40. The third-order valence-corrected chi connectivity index (χ3v) is 3.66. The summed E-state index contributed by atoms with van der Waals surface area (Å²) in [4.78, 5) is 16.0. The summed E-state index contributed by atoms with van der Waals surface area (Å²) in [5.74, 6) is 1.27. The number of rotatable bonds is 5. The van der Waals surface area contributed by atoms with Gasteiger partial charge in [0, 0.05) is 18.9 Å². The Labute approximate surface area is 142 Å². The van der Waals surface area contributed by atoms with Crippen molar-refractivity contribution in [2.45, 2.75) is 13.0 Å². The first-order valence-corrected chi connectivity index (χ1v) is 7.66. The van der Waals surface area contributed by atoms with Gasteiger partial charge in [0.1, 0.15) is 0 Å².